The van der Waals surface area contributed by atoms with Gasteiger partial charge in [0, 0.05) is 11.1 Å². The van der Waals surface area contributed by atoms with Crippen LogP contribution < -0.4 is 5.73 Å². The van der Waals surface area contributed by atoms with Crippen LogP contribution in [0.1, 0.15) is 5.56 Å². The maximum atomic E-state index is 6.17. The number of benzene rings is 3. The average molecular weight is 233 g/mol. The third-order valence-corrected chi connectivity index (χ3v) is 3.41. The van der Waals surface area contributed by atoms with Crippen LogP contribution in [0.15, 0.2) is 60.7 Å². The Morgan fingerprint density at radius 3 is 2.28 bits per heavy atom. The van der Waals surface area contributed by atoms with Crippen molar-refractivity contribution in [1.29, 1.82) is 0 Å². The number of rotatable bonds is 1. The Bertz CT molecular complexity index is 699. The molecule has 88 valence electrons. The molecule has 0 radical (unpaired) electrons. The number of hydrogen-bond donors (Lipinski definition) is 1. The summed E-state index contributed by atoms with van der Waals surface area (Å²) in [6.45, 7) is 2.05. The van der Waals surface area contributed by atoms with Gasteiger partial charge in [0.25, 0.3) is 0 Å². The zero-order chi connectivity index (χ0) is 12.5. The lowest BCUT2D eigenvalue weighted by molar-refractivity contribution is 1.50. The van der Waals surface area contributed by atoms with E-state index < -0.39 is 0 Å². The van der Waals surface area contributed by atoms with Crippen LogP contribution in [0.2, 0.25) is 0 Å². The van der Waals surface area contributed by atoms with Gasteiger partial charge >= 0.3 is 0 Å². The lowest BCUT2D eigenvalue weighted by Crippen LogP contribution is -1.92. The lowest BCUT2D eigenvalue weighted by Gasteiger charge is -2.10. The third-order valence-electron chi connectivity index (χ3n) is 3.41. The van der Waals surface area contributed by atoms with E-state index >= 15 is 0 Å². The van der Waals surface area contributed by atoms with Gasteiger partial charge in [-0.1, -0.05) is 60.7 Å². The first-order chi connectivity index (χ1) is 8.77. The third kappa shape index (κ3) is 1.65. The average Bonchev–Trinajstić information content (AvgIpc) is 2.43. The number of aryl methyl sites for hydroxylation is 1. The van der Waals surface area contributed by atoms with Crippen LogP contribution in [0, 0.1) is 6.92 Å². The van der Waals surface area contributed by atoms with Crippen molar-refractivity contribution < 1.29 is 0 Å². The van der Waals surface area contributed by atoms with Gasteiger partial charge in [-0.25, -0.2) is 0 Å². The van der Waals surface area contributed by atoms with Crippen LogP contribution in [0.3, 0.4) is 0 Å². The first-order valence-electron chi connectivity index (χ1n) is 6.10. The van der Waals surface area contributed by atoms with Crippen molar-refractivity contribution in [3.63, 3.8) is 0 Å². The van der Waals surface area contributed by atoms with Gasteiger partial charge in [0.1, 0.15) is 0 Å². The van der Waals surface area contributed by atoms with Crippen molar-refractivity contribution in [2.24, 2.45) is 0 Å². The van der Waals surface area contributed by atoms with Gasteiger partial charge < -0.3 is 5.73 Å². The molecule has 0 saturated heterocycles. The molecule has 0 heterocycles. The smallest absolute Gasteiger partial charge is 0.0423 e. The Hall–Kier alpha value is -2.28. The zero-order valence-corrected chi connectivity index (χ0v) is 10.4. The van der Waals surface area contributed by atoms with Crippen LogP contribution in [-0.4, -0.2) is 0 Å². The first-order valence-corrected chi connectivity index (χ1v) is 6.10. The first kappa shape index (κ1) is 10.8. The Morgan fingerprint density at radius 1 is 0.722 bits per heavy atom. The predicted octanol–water partition coefficient (Wildman–Crippen LogP) is 4.40. The van der Waals surface area contributed by atoms with Crippen LogP contribution >= 0.6 is 0 Å². The summed E-state index contributed by atoms with van der Waals surface area (Å²) in [5.74, 6) is 0. The summed E-state index contributed by atoms with van der Waals surface area (Å²) < 4.78 is 0. The molecule has 3 aromatic carbocycles. The van der Waals surface area contributed by atoms with E-state index in [1.165, 1.54) is 16.5 Å². The maximum absolute atomic E-state index is 6.17. The normalized spacial score (nSPS) is 10.7. The van der Waals surface area contributed by atoms with Crippen molar-refractivity contribution in [3.05, 3.63) is 66.2 Å². The number of nitrogen functional groups attached to an aromatic ring is 1. The Labute approximate surface area is 107 Å². The second-order valence-electron chi connectivity index (χ2n) is 4.56. The molecule has 1 heteroatoms. The van der Waals surface area contributed by atoms with Crippen molar-refractivity contribution in [1.82, 2.24) is 0 Å². The van der Waals surface area contributed by atoms with Gasteiger partial charge in [0.2, 0.25) is 0 Å². The fourth-order valence-electron chi connectivity index (χ4n) is 2.36. The summed E-state index contributed by atoms with van der Waals surface area (Å²) in [5, 5.41) is 2.35. The molecular formula is C17H15N. The second-order valence-corrected chi connectivity index (χ2v) is 4.56. The lowest BCUT2D eigenvalue weighted by atomic mass is 9.96. The molecule has 18 heavy (non-hydrogen) atoms. The van der Waals surface area contributed by atoms with Crippen LogP contribution in [0.4, 0.5) is 5.69 Å². The van der Waals surface area contributed by atoms with Crippen LogP contribution in [0.5, 0.6) is 0 Å². The van der Waals surface area contributed by atoms with E-state index in [0.717, 1.165) is 16.6 Å². The molecule has 0 saturated carbocycles. The Balaban J connectivity index is 2.35. The monoisotopic (exact) mass is 233 g/mol. The maximum Gasteiger partial charge on any atom is 0.0423 e. The number of fused-ring (bicyclic) bond motifs is 1. The minimum Gasteiger partial charge on any atom is -0.398 e. The van der Waals surface area contributed by atoms with Gasteiger partial charge in [-0.3, -0.25) is 0 Å². The van der Waals surface area contributed by atoms with Crippen LogP contribution in [-0.2, 0) is 0 Å². The second kappa shape index (κ2) is 4.19. The van der Waals surface area contributed by atoms with E-state index in [9.17, 15) is 0 Å². The highest BCUT2D eigenvalue weighted by Gasteiger charge is 2.06. The predicted molar refractivity (Wildman–Crippen MR) is 78.5 cm³/mol. The van der Waals surface area contributed by atoms with Crippen molar-refractivity contribution >= 4 is 16.5 Å². The van der Waals surface area contributed by atoms with Gasteiger partial charge in [-0.2, -0.15) is 0 Å². The van der Waals surface area contributed by atoms with E-state index in [2.05, 4.69) is 54.6 Å². The van der Waals surface area contributed by atoms with E-state index in [1.807, 2.05) is 13.0 Å². The number of anilines is 1. The summed E-state index contributed by atoms with van der Waals surface area (Å²) in [4.78, 5) is 0. The molecule has 0 aliphatic heterocycles. The van der Waals surface area contributed by atoms with Gasteiger partial charge in [-0.05, 0) is 29.0 Å². The summed E-state index contributed by atoms with van der Waals surface area (Å²) in [6.07, 6.45) is 0. The molecule has 0 unspecified atom stereocenters. The van der Waals surface area contributed by atoms with Gasteiger partial charge in [-0.15, -0.1) is 0 Å². The molecule has 0 aromatic heterocycles. The molecule has 0 aliphatic rings. The summed E-state index contributed by atoms with van der Waals surface area (Å²) in [6, 6.07) is 21.0. The quantitative estimate of drug-likeness (QED) is 0.619. The Morgan fingerprint density at radius 2 is 1.50 bits per heavy atom. The highest BCUT2D eigenvalue weighted by Crippen LogP contribution is 2.32. The summed E-state index contributed by atoms with van der Waals surface area (Å²) in [5.41, 5.74) is 10.6. The summed E-state index contributed by atoms with van der Waals surface area (Å²) >= 11 is 0. The fraction of sp³-hybridized carbons (Fsp3) is 0.0588. The number of hydrogen-bond acceptors (Lipinski definition) is 1. The SMILES string of the molecule is Cc1ccc2c(-c3ccccc3)cccc2c1N. The van der Waals surface area contributed by atoms with Crippen molar-refractivity contribution in [2.75, 3.05) is 5.73 Å². The standard InChI is InChI=1S/C17H15N/c1-12-10-11-15-14(13-6-3-2-4-7-13)8-5-9-16(15)17(12)18/h2-11H,18H2,1H3. The molecule has 0 amide bonds. The molecule has 3 rings (SSSR count). The van der Waals surface area contributed by atoms with Gasteiger partial charge in [0.15, 0.2) is 0 Å². The molecule has 0 aliphatic carbocycles. The molecule has 0 fully saturated rings. The molecule has 0 bridgehead atoms. The largest absolute Gasteiger partial charge is 0.398 e. The highest BCUT2D eigenvalue weighted by atomic mass is 14.6. The molecule has 0 spiro atoms. The van der Waals surface area contributed by atoms with Gasteiger partial charge in [0.05, 0.1) is 0 Å². The molecule has 1 nitrogen and oxygen atoms in total. The van der Waals surface area contributed by atoms with E-state index in [0.29, 0.717) is 0 Å². The van der Waals surface area contributed by atoms with E-state index in [-0.39, 0.29) is 0 Å². The minimum atomic E-state index is 0.880. The molecule has 2 N–H and O–H groups in total. The highest BCUT2D eigenvalue weighted by molar-refractivity contribution is 6.03. The number of nitrogens with two attached hydrogens (primary N) is 1. The Kier molecular flexibility index (Phi) is 2.52. The van der Waals surface area contributed by atoms with E-state index in [4.69, 9.17) is 5.73 Å². The molecular weight excluding hydrogens is 218 g/mol. The zero-order valence-electron chi connectivity index (χ0n) is 10.4. The fourth-order valence-corrected chi connectivity index (χ4v) is 2.36. The van der Waals surface area contributed by atoms with E-state index in [1.54, 1.807) is 0 Å². The van der Waals surface area contributed by atoms with Crippen molar-refractivity contribution in [3.8, 4) is 11.1 Å². The topological polar surface area (TPSA) is 26.0 Å². The van der Waals surface area contributed by atoms with Crippen LogP contribution in [0.25, 0.3) is 21.9 Å². The minimum absolute atomic E-state index is 0.880. The summed E-state index contributed by atoms with van der Waals surface area (Å²) in [7, 11) is 0. The van der Waals surface area contributed by atoms with Crippen molar-refractivity contribution in [2.45, 2.75) is 6.92 Å². The molecule has 3 aromatic rings. The molecule has 0 atom stereocenters.